The van der Waals surface area contributed by atoms with E-state index in [1.54, 1.807) is 0 Å². The zero-order chi connectivity index (χ0) is 57.3. The molecule has 0 amide bonds. The predicted octanol–water partition coefficient (Wildman–Crippen LogP) is 21.0. The number of ether oxygens (including phenoxy) is 2. The molecule has 0 aromatic heterocycles. The third kappa shape index (κ3) is 63.7. The van der Waals surface area contributed by atoms with Crippen LogP contribution < -0.4 is 5.73 Å². The Balaban J connectivity index is 3.89. The van der Waals surface area contributed by atoms with Crippen molar-refractivity contribution < 1.29 is 37.6 Å². The quantitative estimate of drug-likeness (QED) is 0.0264. The molecule has 0 rings (SSSR count). The van der Waals surface area contributed by atoms with Crippen LogP contribution in [-0.2, 0) is 32.7 Å². The first kappa shape index (κ1) is 75.7. The molecule has 2 atom stereocenters. The average molecular weight is 1120 g/mol. The fourth-order valence-electron chi connectivity index (χ4n) is 8.95. The van der Waals surface area contributed by atoms with Crippen LogP contribution in [0.3, 0.4) is 0 Å². The summed E-state index contributed by atoms with van der Waals surface area (Å²) >= 11 is 0. The van der Waals surface area contributed by atoms with Gasteiger partial charge in [0, 0.05) is 19.4 Å². The van der Waals surface area contributed by atoms with E-state index in [1.165, 1.54) is 141 Å². The first-order valence-electron chi connectivity index (χ1n) is 32.4. The average Bonchev–Trinajstić information content (AvgIpc) is 3.44. The van der Waals surface area contributed by atoms with Crippen LogP contribution in [0, 0.1) is 0 Å². The number of nitrogens with two attached hydrogens (primary N) is 1. The monoisotopic (exact) mass is 1120 g/mol. The van der Waals surface area contributed by atoms with Gasteiger partial charge in [0.15, 0.2) is 6.10 Å². The fourth-order valence-corrected chi connectivity index (χ4v) is 9.72. The second kappa shape index (κ2) is 63.8. The number of carbonyl (C=O) groups is 2. The van der Waals surface area contributed by atoms with E-state index >= 15 is 0 Å². The number of carbonyl (C=O) groups excluding carboxylic acids is 2. The van der Waals surface area contributed by atoms with E-state index in [0.29, 0.717) is 6.42 Å². The van der Waals surface area contributed by atoms with Crippen molar-refractivity contribution in [3.05, 3.63) is 109 Å². The van der Waals surface area contributed by atoms with Gasteiger partial charge in [-0.3, -0.25) is 18.6 Å². The molecule has 0 radical (unpaired) electrons. The van der Waals surface area contributed by atoms with Crippen LogP contribution in [0.25, 0.3) is 0 Å². The number of hydrogen-bond acceptors (Lipinski definition) is 8. The molecule has 2 unspecified atom stereocenters. The summed E-state index contributed by atoms with van der Waals surface area (Å²) in [4.78, 5) is 35.3. The Labute approximate surface area is 486 Å². The highest BCUT2D eigenvalue weighted by atomic mass is 31.2. The Kier molecular flexibility index (Phi) is 61.2. The molecule has 0 aliphatic heterocycles. The minimum atomic E-state index is -4.40. The van der Waals surface area contributed by atoms with Crippen LogP contribution >= 0.6 is 7.82 Å². The molecule has 0 aliphatic carbocycles. The van der Waals surface area contributed by atoms with E-state index in [-0.39, 0.29) is 38.6 Å². The molecule has 9 nitrogen and oxygen atoms in total. The second-order valence-electron chi connectivity index (χ2n) is 21.2. The third-order valence-electron chi connectivity index (χ3n) is 13.7. The zero-order valence-electron chi connectivity index (χ0n) is 50.8. The van der Waals surface area contributed by atoms with Gasteiger partial charge in [0.1, 0.15) is 6.61 Å². The molecule has 10 heteroatoms. The molecule has 0 bridgehead atoms. The first-order valence-corrected chi connectivity index (χ1v) is 33.9. The summed E-state index contributed by atoms with van der Waals surface area (Å²) in [6.45, 7) is 3.54. The molecule has 0 saturated heterocycles. The van der Waals surface area contributed by atoms with Crippen LogP contribution in [0.5, 0.6) is 0 Å². The van der Waals surface area contributed by atoms with Crippen molar-refractivity contribution in [1.29, 1.82) is 0 Å². The molecule has 0 aliphatic rings. The highest BCUT2D eigenvalue weighted by Crippen LogP contribution is 2.43. The van der Waals surface area contributed by atoms with Gasteiger partial charge in [-0.15, -0.1) is 0 Å². The van der Waals surface area contributed by atoms with E-state index in [9.17, 15) is 19.0 Å². The van der Waals surface area contributed by atoms with Gasteiger partial charge >= 0.3 is 19.8 Å². The Morgan fingerprint density at radius 2 is 0.658 bits per heavy atom. The van der Waals surface area contributed by atoms with E-state index in [4.69, 9.17) is 24.3 Å². The predicted molar refractivity (Wildman–Crippen MR) is 339 cm³/mol. The summed E-state index contributed by atoms with van der Waals surface area (Å²) in [6, 6.07) is 0. The number of hydrogen-bond donors (Lipinski definition) is 2. The topological polar surface area (TPSA) is 134 Å². The van der Waals surface area contributed by atoms with E-state index in [1.807, 2.05) is 0 Å². The highest BCUT2D eigenvalue weighted by Gasteiger charge is 2.26. The minimum Gasteiger partial charge on any atom is -0.462 e. The summed E-state index contributed by atoms with van der Waals surface area (Å²) in [5.74, 6) is -0.827. The number of phosphoric acid groups is 1. The first-order chi connectivity index (χ1) is 38.8. The van der Waals surface area contributed by atoms with Crippen LogP contribution in [0.15, 0.2) is 109 Å². The van der Waals surface area contributed by atoms with Crippen LogP contribution in [0.2, 0.25) is 0 Å². The van der Waals surface area contributed by atoms with Gasteiger partial charge in [0.25, 0.3) is 0 Å². The smallest absolute Gasteiger partial charge is 0.462 e. The maximum absolute atomic E-state index is 12.7. The third-order valence-corrected chi connectivity index (χ3v) is 14.6. The number of esters is 2. The van der Waals surface area contributed by atoms with Gasteiger partial charge < -0.3 is 20.1 Å². The maximum Gasteiger partial charge on any atom is 0.472 e. The lowest BCUT2D eigenvalue weighted by molar-refractivity contribution is -0.161. The molecule has 0 aromatic carbocycles. The van der Waals surface area contributed by atoms with Crippen molar-refractivity contribution in [2.75, 3.05) is 26.4 Å². The molecule has 3 N–H and O–H groups in total. The largest absolute Gasteiger partial charge is 0.472 e. The van der Waals surface area contributed by atoms with Crippen molar-refractivity contribution in [3.63, 3.8) is 0 Å². The normalized spacial score (nSPS) is 13.7. The summed E-state index contributed by atoms with van der Waals surface area (Å²) in [7, 11) is -4.40. The summed E-state index contributed by atoms with van der Waals surface area (Å²) in [6.07, 6.45) is 87.4. The van der Waals surface area contributed by atoms with E-state index in [2.05, 4.69) is 123 Å². The molecule has 0 fully saturated rings. The van der Waals surface area contributed by atoms with Crippen molar-refractivity contribution in [2.24, 2.45) is 5.73 Å². The number of unbranched alkanes of at least 4 members (excludes halogenated alkanes) is 29. The van der Waals surface area contributed by atoms with Crippen LogP contribution in [0.1, 0.15) is 284 Å². The molecule has 454 valence electrons. The Morgan fingerprint density at radius 3 is 0.975 bits per heavy atom. The van der Waals surface area contributed by atoms with Crippen molar-refractivity contribution in [3.8, 4) is 0 Å². The van der Waals surface area contributed by atoms with Gasteiger partial charge in [-0.1, -0.05) is 284 Å². The number of rotatable bonds is 60. The maximum atomic E-state index is 12.7. The Hall–Kier alpha value is -3.33. The molecular weight excluding hydrogens is 1000 g/mol. The Morgan fingerprint density at radius 1 is 0.380 bits per heavy atom. The van der Waals surface area contributed by atoms with E-state index < -0.39 is 26.5 Å². The zero-order valence-corrected chi connectivity index (χ0v) is 51.7. The van der Waals surface area contributed by atoms with Gasteiger partial charge in [-0.2, -0.15) is 0 Å². The number of allylic oxidation sites excluding steroid dienone is 18. The van der Waals surface area contributed by atoms with Gasteiger partial charge in [-0.25, -0.2) is 4.57 Å². The van der Waals surface area contributed by atoms with E-state index in [0.717, 1.165) is 109 Å². The summed E-state index contributed by atoms with van der Waals surface area (Å²) in [5.41, 5.74) is 5.39. The minimum absolute atomic E-state index is 0.0498. The lowest BCUT2D eigenvalue weighted by atomic mass is 10.0. The van der Waals surface area contributed by atoms with Crippen molar-refractivity contribution >= 4 is 19.8 Å². The standard InChI is InChI=1S/C69H120NO8P/c1-3-5-7-9-11-13-15-17-19-21-23-25-27-28-29-30-31-32-33-34-35-36-37-38-40-42-44-46-48-50-52-54-56-58-60-62-69(72)78-67(66-77-79(73,74)76-64-63-70)65-75-68(71)61-59-57-55-53-51-49-47-45-43-41-39-26-24-22-20-18-16-14-12-10-8-6-4-2/h5-8,11-14,17-20,23-26,28-29,67H,3-4,9-10,15-16,21-22,27,30-66,70H2,1-2H3,(H,73,74)/b7-5-,8-6-,13-11-,14-12-,19-17-,20-18-,25-23-,26-24-,29-28-. The fraction of sp³-hybridized carbons (Fsp3) is 0.710. The molecular formula is C69H120NO8P. The lowest BCUT2D eigenvalue weighted by Crippen LogP contribution is -2.29. The Bertz CT molecular complexity index is 1660. The molecule has 0 heterocycles. The SMILES string of the molecule is CC/C=C\C/C=C\C/C=C\C/C=C\C/C=C\CCCCCCCCCCCCCCCCCCCCCC(=O)OC(COC(=O)CCCCCCCCCCCC/C=C\C/C=C\C/C=C\C/C=C\CC)COP(=O)(O)OCCN. The van der Waals surface area contributed by atoms with Crippen LogP contribution in [-0.4, -0.2) is 49.3 Å². The van der Waals surface area contributed by atoms with Crippen molar-refractivity contribution in [1.82, 2.24) is 0 Å². The summed E-state index contributed by atoms with van der Waals surface area (Å²) in [5, 5.41) is 0. The van der Waals surface area contributed by atoms with Crippen LogP contribution in [0.4, 0.5) is 0 Å². The lowest BCUT2D eigenvalue weighted by Gasteiger charge is -2.19. The van der Waals surface area contributed by atoms with Gasteiger partial charge in [0.05, 0.1) is 13.2 Å². The molecule has 0 aromatic rings. The molecule has 79 heavy (non-hydrogen) atoms. The molecule has 0 saturated carbocycles. The molecule has 0 spiro atoms. The van der Waals surface area contributed by atoms with Crippen molar-refractivity contribution in [2.45, 2.75) is 290 Å². The highest BCUT2D eigenvalue weighted by molar-refractivity contribution is 7.47. The second-order valence-corrected chi connectivity index (χ2v) is 22.7. The summed E-state index contributed by atoms with van der Waals surface area (Å²) < 4.78 is 33.1. The van der Waals surface area contributed by atoms with Gasteiger partial charge in [-0.05, 0) is 96.3 Å². The number of phosphoric ester groups is 1. The van der Waals surface area contributed by atoms with Gasteiger partial charge in [0.2, 0.25) is 0 Å².